The highest BCUT2D eigenvalue weighted by molar-refractivity contribution is 5.08. The van der Waals surface area contributed by atoms with Gasteiger partial charge in [-0.05, 0) is 50.2 Å². The van der Waals surface area contributed by atoms with Crippen molar-refractivity contribution in [2.24, 2.45) is 5.92 Å². The Labute approximate surface area is 109 Å². The van der Waals surface area contributed by atoms with E-state index in [0.717, 1.165) is 42.6 Å². The molecule has 18 heavy (non-hydrogen) atoms. The summed E-state index contributed by atoms with van der Waals surface area (Å²) in [6.45, 7) is 3.21. The minimum atomic E-state index is 0.757. The quantitative estimate of drug-likeness (QED) is 0.865. The summed E-state index contributed by atoms with van der Waals surface area (Å²) in [4.78, 5) is 2.62. The third-order valence-corrected chi connectivity index (χ3v) is 4.74. The zero-order valence-electron chi connectivity index (χ0n) is 10.9. The van der Waals surface area contributed by atoms with Gasteiger partial charge in [-0.15, -0.1) is 0 Å². The predicted octanol–water partition coefficient (Wildman–Crippen LogP) is 2.52. The summed E-state index contributed by atoms with van der Waals surface area (Å²) in [5.74, 6) is 3.22. The molecule has 4 rings (SSSR count). The summed E-state index contributed by atoms with van der Waals surface area (Å²) in [6, 6.07) is 5.90. The normalized spacial score (nSPS) is 31.3. The van der Waals surface area contributed by atoms with Gasteiger partial charge in [0.15, 0.2) is 0 Å². The number of nitrogens with zero attached hydrogens (tertiary/aromatic N) is 1. The maximum atomic E-state index is 5.93. The van der Waals surface area contributed by atoms with Crippen LogP contribution in [0.15, 0.2) is 16.5 Å². The molecule has 1 aromatic heterocycles. The summed E-state index contributed by atoms with van der Waals surface area (Å²) in [5.41, 5.74) is 0. The summed E-state index contributed by atoms with van der Waals surface area (Å²) >= 11 is 0. The van der Waals surface area contributed by atoms with Crippen LogP contribution in [0.1, 0.15) is 43.6 Å². The second kappa shape index (κ2) is 4.39. The predicted molar refractivity (Wildman–Crippen MR) is 70.1 cm³/mol. The molecule has 2 bridgehead atoms. The molecule has 2 unspecified atom stereocenters. The van der Waals surface area contributed by atoms with Crippen LogP contribution >= 0.6 is 0 Å². The van der Waals surface area contributed by atoms with Crippen molar-refractivity contribution in [3.63, 3.8) is 0 Å². The summed E-state index contributed by atoms with van der Waals surface area (Å²) < 4.78 is 5.93. The van der Waals surface area contributed by atoms with Crippen LogP contribution in [0.2, 0.25) is 0 Å². The molecular formula is C15H22N2O. The summed E-state index contributed by atoms with van der Waals surface area (Å²) in [6.07, 6.45) is 6.96. The van der Waals surface area contributed by atoms with Crippen LogP contribution in [0.4, 0.5) is 0 Å². The largest absolute Gasteiger partial charge is 0.463 e. The molecule has 0 spiro atoms. The van der Waals surface area contributed by atoms with Crippen molar-refractivity contribution >= 4 is 0 Å². The van der Waals surface area contributed by atoms with Gasteiger partial charge in [-0.2, -0.15) is 0 Å². The lowest BCUT2D eigenvalue weighted by molar-refractivity contribution is 0.189. The van der Waals surface area contributed by atoms with E-state index in [9.17, 15) is 0 Å². The van der Waals surface area contributed by atoms with Gasteiger partial charge in [-0.3, -0.25) is 4.90 Å². The van der Waals surface area contributed by atoms with E-state index in [-0.39, 0.29) is 0 Å². The van der Waals surface area contributed by atoms with Crippen molar-refractivity contribution < 1.29 is 4.42 Å². The third-order valence-electron chi connectivity index (χ3n) is 4.74. The molecule has 2 heterocycles. The zero-order chi connectivity index (χ0) is 11.9. The number of fused-ring (bicyclic) bond motifs is 2. The van der Waals surface area contributed by atoms with Crippen molar-refractivity contribution in [2.75, 3.05) is 6.54 Å². The van der Waals surface area contributed by atoms with Crippen LogP contribution in [-0.4, -0.2) is 23.5 Å². The Hall–Kier alpha value is -0.800. The van der Waals surface area contributed by atoms with Gasteiger partial charge in [-0.1, -0.05) is 0 Å². The van der Waals surface area contributed by atoms with Gasteiger partial charge in [0, 0.05) is 18.6 Å². The van der Waals surface area contributed by atoms with Gasteiger partial charge in [0.05, 0.1) is 13.1 Å². The number of furan rings is 1. The van der Waals surface area contributed by atoms with Crippen molar-refractivity contribution in [3.8, 4) is 0 Å². The molecule has 0 aromatic carbocycles. The molecule has 2 atom stereocenters. The molecule has 3 fully saturated rings. The van der Waals surface area contributed by atoms with Crippen LogP contribution in [-0.2, 0) is 13.1 Å². The van der Waals surface area contributed by atoms with E-state index in [0.29, 0.717) is 0 Å². The topological polar surface area (TPSA) is 28.4 Å². The minimum Gasteiger partial charge on any atom is -0.463 e. The van der Waals surface area contributed by atoms with Crippen molar-refractivity contribution in [3.05, 3.63) is 23.7 Å². The number of likely N-dealkylation sites (tertiary alicyclic amines) is 1. The highest BCUT2D eigenvalue weighted by atomic mass is 16.3. The lowest BCUT2D eigenvalue weighted by Crippen LogP contribution is -2.31. The first-order valence-corrected chi connectivity index (χ1v) is 7.42. The molecule has 1 aromatic rings. The van der Waals surface area contributed by atoms with E-state index in [1.807, 2.05) is 0 Å². The first-order chi connectivity index (χ1) is 8.87. The van der Waals surface area contributed by atoms with E-state index in [1.54, 1.807) is 0 Å². The molecule has 3 aliphatic rings. The van der Waals surface area contributed by atoms with Crippen LogP contribution in [0, 0.1) is 5.92 Å². The number of hydrogen-bond donors (Lipinski definition) is 1. The van der Waals surface area contributed by atoms with E-state index in [1.165, 1.54) is 38.6 Å². The standard InChI is InChI=1S/C15H22N2O/c1-4-13-7-11(1)9-17(13)10-15-6-5-14(18-15)8-16-12-2-3-12/h5-6,11-13,16H,1-4,7-10H2. The maximum Gasteiger partial charge on any atom is 0.118 e. The Morgan fingerprint density at radius 3 is 2.78 bits per heavy atom. The van der Waals surface area contributed by atoms with E-state index < -0.39 is 0 Å². The second-order valence-corrected chi connectivity index (χ2v) is 6.29. The minimum absolute atomic E-state index is 0.757. The van der Waals surface area contributed by atoms with Crippen LogP contribution in [0.25, 0.3) is 0 Å². The monoisotopic (exact) mass is 246 g/mol. The molecular weight excluding hydrogens is 224 g/mol. The van der Waals surface area contributed by atoms with Gasteiger partial charge in [0.2, 0.25) is 0 Å². The van der Waals surface area contributed by atoms with Crippen molar-refractivity contribution in [1.82, 2.24) is 10.2 Å². The highest BCUT2D eigenvalue weighted by Crippen LogP contribution is 2.38. The average molecular weight is 246 g/mol. The first kappa shape index (κ1) is 11.1. The maximum absolute atomic E-state index is 5.93. The summed E-state index contributed by atoms with van der Waals surface area (Å²) in [7, 11) is 0. The van der Waals surface area contributed by atoms with Gasteiger partial charge >= 0.3 is 0 Å². The molecule has 1 saturated heterocycles. The van der Waals surface area contributed by atoms with E-state index in [2.05, 4.69) is 22.3 Å². The summed E-state index contributed by atoms with van der Waals surface area (Å²) in [5, 5.41) is 3.50. The lowest BCUT2D eigenvalue weighted by atomic mass is 10.1. The zero-order valence-corrected chi connectivity index (χ0v) is 10.9. The number of rotatable bonds is 5. The fourth-order valence-electron chi connectivity index (χ4n) is 3.56. The number of hydrogen-bond acceptors (Lipinski definition) is 3. The van der Waals surface area contributed by atoms with Gasteiger partial charge in [0.25, 0.3) is 0 Å². The van der Waals surface area contributed by atoms with Crippen LogP contribution in [0.5, 0.6) is 0 Å². The molecule has 1 N–H and O–H groups in total. The molecule has 3 heteroatoms. The highest BCUT2D eigenvalue weighted by Gasteiger charge is 2.37. The first-order valence-electron chi connectivity index (χ1n) is 7.42. The van der Waals surface area contributed by atoms with Crippen molar-refractivity contribution in [2.45, 2.75) is 57.3 Å². The van der Waals surface area contributed by atoms with Gasteiger partial charge in [0.1, 0.15) is 11.5 Å². The molecule has 2 aliphatic carbocycles. The third kappa shape index (κ3) is 2.21. The van der Waals surface area contributed by atoms with Gasteiger partial charge in [-0.25, -0.2) is 0 Å². The molecule has 1 aliphatic heterocycles. The Bertz CT molecular complexity index is 424. The van der Waals surface area contributed by atoms with Crippen LogP contribution in [0.3, 0.4) is 0 Å². The fourth-order valence-corrected chi connectivity index (χ4v) is 3.56. The van der Waals surface area contributed by atoms with E-state index in [4.69, 9.17) is 4.42 Å². The number of nitrogens with one attached hydrogen (secondary N) is 1. The fraction of sp³-hybridized carbons (Fsp3) is 0.733. The molecule has 98 valence electrons. The van der Waals surface area contributed by atoms with Gasteiger partial charge < -0.3 is 9.73 Å². The molecule has 0 radical (unpaired) electrons. The Balaban J connectivity index is 1.33. The second-order valence-electron chi connectivity index (χ2n) is 6.29. The Morgan fingerprint density at radius 2 is 2.06 bits per heavy atom. The number of piperidine rings is 1. The molecule has 0 amide bonds. The molecule has 3 nitrogen and oxygen atoms in total. The SMILES string of the molecule is c1cc(CN2CC3CCC2C3)oc1CNC1CC1. The smallest absolute Gasteiger partial charge is 0.118 e. The van der Waals surface area contributed by atoms with Crippen molar-refractivity contribution in [1.29, 1.82) is 0 Å². The van der Waals surface area contributed by atoms with Crippen LogP contribution < -0.4 is 5.32 Å². The Kier molecular flexibility index (Phi) is 2.70. The molecule has 2 saturated carbocycles. The Morgan fingerprint density at radius 1 is 1.17 bits per heavy atom. The van der Waals surface area contributed by atoms with E-state index >= 15 is 0 Å². The average Bonchev–Trinajstić information content (AvgIpc) is 2.78. The lowest BCUT2D eigenvalue weighted by Gasteiger charge is -2.25.